The summed E-state index contributed by atoms with van der Waals surface area (Å²) in [6.07, 6.45) is 0.884. The van der Waals surface area contributed by atoms with Crippen LogP contribution in [-0.2, 0) is 30.8 Å². The number of ether oxygens (including phenoxy) is 3. The normalized spacial score (nSPS) is 19.5. The molecule has 0 bridgehead atoms. The van der Waals surface area contributed by atoms with Crippen molar-refractivity contribution in [2.75, 3.05) is 17.3 Å². The van der Waals surface area contributed by atoms with Gasteiger partial charge in [-0.3, -0.25) is 31.0 Å². The largest absolute Gasteiger partial charge is 0.444 e. The van der Waals surface area contributed by atoms with Crippen molar-refractivity contribution >= 4 is 98.7 Å². The molecule has 0 saturated carbocycles. The lowest BCUT2D eigenvalue weighted by Gasteiger charge is -2.31. The average molecular weight is 1270 g/mol. The molecule has 0 spiro atoms. The summed E-state index contributed by atoms with van der Waals surface area (Å²) in [5.41, 5.74) is 14.0. The van der Waals surface area contributed by atoms with E-state index in [4.69, 9.17) is 36.1 Å². The molecule has 0 radical (unpaired) electrons. The number of aryl methyl sites for hydroxylation is 5. The quantitative estimate of drug-likeness (QED) is 0.0597. The van der Waals surface area contributed by atoms with Crippen LogP contribution in [0, 0.1) is 57.5 Å². The fraction of sp³-hybridized carbons (Fsp3) is 0.500. The van der Waals surface area contributed by atoms with E-state index in [2.05, 4.69) is 37.3 Å². The van der Waals surface area contributed by atoms with Crippen LogP contribution in [0.2, 0.25) is 0 Å². The van der Waals surface area contributed by atoms with Crippen LogP contribution in [0.4, 0.5) is 27.6 Å². The Balaban J connectivity index is 0.000000314. The number of rotatable bonds is 9. The molecular formula is C62H87ClF3N11O6S3. The molecule has 0 fully saturated rings. The van der Waals surface area contributed by atoms with Gasteiger partial charge in [0.2, 0.25) is 0 Å². The minimum Gasteiger partial charge on any atom is -0.444 e. The predicted molar refractivity (Wildman–Crippen MR) is 351 cm³/mol. The number of halogens is 4. The molecule has 3 amide bonds. The molecule has 3 atom stereocenters. The van der Waals surface area contributed by atoms with E-state index in [0.717, 1.165) is 69.6 Å². The van der Waals surface area contributed by atoms with Crippen molar-refractivity contribution in [2.24, 2.45) is 31.4 Å². The first-order valence-corrected chi connectivity index (χ1v) is 30.7. The van der Waals surface area contributed by atoms with Gasteiger partial charge in [0.1, 0.15) is 45.9 Å². The first-order valence-electron chi connectivity index (χ1n) is 27.7. The van der Waals surface area contributed by atoms with E-state index in [1.165, 1.54) is 17.8 Å². The Labute approximate surface area is 524 Å². The van der Waals surface area contributed by atoms with E-state index in [9.17, 15) is 27.6 Å². The van der Waals surface area contributed by atoms with E-state index < -0.39 is 46.2 Å². The van der Waals surface area contributed by atoms with Crippen molar-refractivity contribution in [2.45, 2.75) is 183 Å². The van der Waals surface area contributed by atoms with Gasteiger partial charge in [0.05, 0.1) is 51.1 Å². The van der Waals surface area contributed by atoms with E-state index in [1.54, 1.807) is 142 Å². The Morgan fingerprint density at radius 1 is 0.640 bits per heavy atom. The molecule has 24 heteroatoms. The van der Waals surface area contributed by atoms with Crippen molar-refractivity contribution in [1.29, 1.82) is 5.41 Å². The SMILES string of the molecule is C=C(NC(=O)OC(C)(C)C)n1nc(C)cc1C.Cc1ccc(C2(C)CCSC(CC(=N)N)=N2)cc1F.Cc1ccc(C2(C)CCSC(CC(=NC(=O)OC(C)(C)C)NC(=O)OC(C)(C)C)=N2)cc1F.Cc1ccc(C2(C)CCSC(N)=N2)cc1F.Cl. The molecular weight excluding hydrogens is 1180 g/mol. The zero-order valence-corrected chi connectivity index (χ0v) is 56.0. The number of carbonyl (C=O) groups is 3. The van der Waals surface area contributed by atoms with Gasteiger partial charge in [-0.15, -0.1) is 35.9 Å². The number of nitrogens with one attached hydrogen (secondary N) is 3. The van der Waals surface area contributed by atoms with Crippen LogP contribution in [0.3, 0.4) is 0 Å². The lowest BCUT2D eigenvalue weighted by atomic mass is 9.89. The fourth-order valence-electron chi connectivity index (χ4n) is 8.35. The van der Waals surface area contributed by atoms with E-state index in [0.29, 0.717) is 39.1 Å². The molecule has 3 aromatic carbocycles. The van der Waals surface area contributed by atoms with Crippen LogP contribution in [0.25, 0.3) is 5.82 Å². The second-order valence-corrected chi connectivity index (χ2v) is 27.9. The maximum Gasteiger partial charge on any atom is 0.435 e. The zero-order valence-electron chi connectivity index (χ0n) is 52.7. The predicted octanol–water partition coefficient (Wildman–Crippen LogP) is 15.0. The summed E-state index contributed by atoms with van der Waals surface area (Å²) in [5.74, 6) is 2.52. The van der Waals surface area contributed by atoms with Crippen LogP contribution < -0.4 is 22.1 Å². The molecule has 3 unspecified atom stereocenters. The maximum atomic E-state index is 14.2. The van der Waals surface area contributed by atoms with Gasteiger partial charge < -0.3 is 25.7 Å². The van der Waals surface area contributed by atoms with E-state index in [1.807, 2.05) is 58.9 Å². The lowest BCUT2D eigenvalue weighted by molar-refractivity contribution is 0.0543. The maximum absolute atomic E-state index is 14.2. The number of benzene rings is 3. The first kappa shape index (κ1) is 74.0. The summed E-state index contributed by atoms with van der Waals surface area (Å²) < 4.78 is 58.7. The fourth-order valence-corrected chi connectivity index (χ4v) is 11.8. The number of nitrogens with zero attached hydrogens (tertiary/aromatic N) is 6. The zero-order chi connectivity index (χ0) is 64.0. The van der Waals surface area contributed by atoms with Gasteiger partial charge in [-0.25, -0.2) is 32.2 Å². The van der Waals surface area contributed by atoms with Crippen molar-refractivity contribution in [3.05, 3.63) is 129 Å². The number of amidine groups is 3. The molecule has 17 nitrogen and oxygen atoms in total. The van der Waals surface area contributed by atoms with Gasteiger partial charge in [0.15, 0.2) is 5.17 Å². The number of aliphatic imine (C=N–C) groups is 4. The molecule has 472 valence electrons. The number of hydrogen-bond donors (Lipinski definition) is 5. The first-order chi connectivity index (χ1) is 39.2. The van der Waals surface area contributed by atoms with Gasteiger partial charge in [-0.05, 0) is 195 Å². The highest BCUT2D eigenvalue weighted by atomic mass is 35.5. The second-order valence-electron chi connectivity index (χ2n) is 24.4. The molecule has 1 aromatic heterocycles. The highest BCUT2D eigenvalue weighted by Crippen LogP contribution is 2.39. The summed E-state index contributed by atoms with van der Waals surface area (Å²) in [4.78, 5) is 54.1. The van der Waals surface area contributed by atoms with E-state index in [-0.39, 0.29) is 53.5 Å². The molecule has 7 rings (SSSR count). The van der Waals surface area contributed by atoms with Gasteiger partial charge in [0.25, 0.3) is 0 Å². The third-order valence-electron chi connectivity index (χ3n) is 12.9. The number of hydrogen-bond acceptors (Lipinski definition) is 15. The van der Waals surface area contributed by atoms with Crippen LogP contribution in [0.1, 0.15) is 160 Å². The van der Waals surface area contributed by atoms with Crippen LogP contribution in [0.15, 0.2) is 87.2 Å². The summed E-state index contributed by atoms with van der Waals surface area (Å²) in [6.45, 7) is 34.5. The number of amides is 3. The van der Waals surface area contributed by atoms with Gasteiger partial charge in [0, 0.05) is 23.0 Å². The summed E-state index contributed by atoms with van der Waals surface area (Å²) in [7, 11) is 0. The van der Waals surface area contributed by atoms with Gasteiger partial charge in [-0.2, -0.15) is 10.1 Å². The van der Waals surface area contributed by atoms with Crippen LogP contribution in [-0.4, -0.2) is 89.0 Å². The number of nitrogens with two attached hydrogens (primary N) is 2. The number of carbonyl (C=O) groups excluding carboxylic acids is 3. The molecule has 4 aromatic rings. The third-order valence-corrected chi connectivity index (χ3v) is 15.6. The Morgan fingerprint density at radius 2 is 1.02 bits per heavy atom. The van der Waals surface area contributed by atoms with Crippen molar-refractivity contribution in [3.63, 3.8) is 0 Å². The Bertz CT molecular complexity index is 3230. The standard InChI is InChI=1S/C24H34FN3O4S.C14H18FN3S.C12H15FN2S.C12H19N3O2.ClH/c1-15-9-10-16(13-17(15)25)24(8)11-12-33-19(28-24)14-18(26-20(29)31-22(2,3)4)27-21(30)32-23(5,6)7;1-9-3-4-10(7-11(9)15)14(2)5-6-19-13(18-14)8-12(16)17;1-8-3-4-9(7-10(8)13)12(2)5-6-16-11(14)15-12;1-8-7-9(2)15(14-8)10(3)13-11(16)17-12(4,5)6;/h9-10,13H,11-12,14H2,1-8H3,(H,26,27,29,30);3-4,7H,5-6,8H2,1-2H3,(H3,16,17);3-4,7H,5-6H2,1-2H3,(H2,14,15);7H,3H2,1-2,4-6H3,(H,13,16);1H. The lowest BCUT2D eigenvalue weighted by Crippen LogP contribution is -2.38. The second kappa shape index (κ2) is 31.1. The molecule has 86 heavy (non-hydrogen) atoms. The molecule has 0 saturated heterocycles. The highest BCUT2D eigenvalue weighted by Gasteiger charge is 2.34. The van der Waals surface area contributed by atoms with Crippen molar-refractivity contribution in [1.82, 2.24) is 20.4 Å². The molecule has 4 heterocycles. The minimum atomic E-state index is -0.821. The molecule has 7 N–H and O–H groups in total. The molecule has 3 aliphatic heterocycles. The van der Waals surface area contributed by atoms with Gasteiger partial charge >= 0.3 is 18.3 Å². The topological polar surface area (TPSA) is 246 Å². The summed E-state index contributed by atoms with van der Waals surface area (Å²) in [6, 6.07) is 17.6. The Kier molecular flexibility index (Phi) is 26.7. The smallest absolute Gasteiger partial charge is 0.435 e. The minimum absolute atomic E-state index is 0. The van der Waals surface area contributed by atoms with Gasteiger partial charge in [-0.1, -0.05) is 54.7 Å². The summed E-state index contributed by atoms with van der Waals surface area (Å²) >= 11 is 4.70. The Hall–Kier alpha value is -6.30. The number of aromatic nitrogens is 2. The van der Waals surface area contributed by atoms with E-state index >= 15 is 0 Å². The average Bonchev–Trinajstić information content (AvgIpc) is 1.34. The number of alkyl carbamates (subject to hydrolysis) is 2. The van der Waals surface area contributed by atoms with Crippen molar-refractivity contribution < 1.29 is 41.8 Å². The number of thioether (sulfide) groups is 3. The third kappa shape index (κ3) is 24.1. The molecule has 0 aliphatic carbocycles. The summed E-state index contributed by atoms with van der Waals surface area (Å²) in [5, 5.41) is 18.8. The van der Waals surface area contributed by atoms with Crippen LogP contribution in [0.5, 0.6) is 0 Å². The molecule has 3 aliphatic rings. The highest BCUT2D eigenvalue weighted by molar-refractivity contribution is 8.14. The Morgan fingerprint density at radius 3 is 1.38 bits per heavy atom. The monoisotopic (exact) mass is 1270 g/mol. The van der Waals surface area contributed by atoms with Crippen LogP contribution >= 0.6 is 47.7 Å². The van der Waals surface area contributed by atoms with Crippen molar-refractivity contribution in [3.8, 4) is 0 Å².